The van der Waals surface area contributed by atoms with E-state index < -0.39 is 23.2 Å². The molecule has 9 heteroatoms. The first-order chi connectivity index (χ1) is 16.4. The van der Waals surface area contributed by atoms with Gasteiger partial charge in [-0.3, -0.25) is 4.79 Å². The van der Waals surface area contributed by atoms with E-state index in [1.807, 2.05) is 0 Å². The monoisotopic (exact) mass is 469 g/mol. The van der Waals surface area contributed by atoms with Gasteiger partial charge in [0.05, 0.1) is 25.2 Å². The van der Waals surface area contributed by atoms with Crippen LogP contribution < -0.4 is 15.8 Å². The molecule has 0 aliphatic carbocycles. The smallest absolute Gasteiger partial charge is 0.252 e. The van der Waals surface area contributed by atoms with E-state index in [0.29, 0.717) is 48.6 Å². The highest BCUT2D eigenvalue weighted by Gasteiger charge is 2.47. The first-order valence-electron chi connectivity index (χ1n) is 11.3. The molecule has 178 valence electrons. The Kier molecular flexibility index (Phi) is 5.98. The van der Waals surface area contributed by atoms with Crippen LogP contribution in [0.5, 0.6) is 5.75 Å². The van der Waals surface area contributed by atoms with Crippen molar-refractivity contribution in [3.63, 3.8) is 0 Å². The number of ether oxygens (including phenoxy) is 3. The Bertz CT molecular complexity index is 1170. The minimum Gasteiger partial charge on any atom is -0.488 e. The van der Waals surface area contributed by atoms with Crippen molar-refractivity contribution in [2.75, 3.05) is 32.9 Å². The van der Waals surface area contributed by atoms with Gasteiger partial charge in [0.2, 0.25) is 0 Å². The number of nitrogens with two attached hydrogens (primary N) is 1. The summed E-state index contributed by atoms with van der Waals surface area (Å²) >= 11 is 0. The molecule has 3 heterocycles. The van der Waals surface area contributed by atoms with Gasteiger partial charge in [-0.05, 0) is 60.3 Å². The molecular formula is C25H25F2N3O4. The summed E-state index contributed by atoms with van der Waals surface area (Å²) in [6, 6.07) is 8.19. The first-order valence-corrected chi connectivity index (χ1v) is 11.3. The Morgan fingerprint density at radius 1 is 1.24 bits per heavy atom. The van der Waals surface area contributed by atoms with Gasteiger partial charge in [0, 0.05) is 30.2 Å². The highest BCUT2D eigenvalue weighted by atomic mass is 19.1. The normalized spacial score (nSPS) is 22.9. The van der Waals surface area contributed by atoms with Gasteiger partial charge in [0.15, 0.2) is 5.60 Å². The number of amides is 1. The minimum absolute atomic E-state index is 0.0183. The molecule has 0 bridgehead atoms. The third-order valence-corrected chi connectivity index (χ3v) is 6.93. The molecule has 5 rings (SSSR count). The molecule has 7 nitrogen and oxygen atoms in total. The van der Waals surface area contributed by atoms with Crippen molar-refractivity contribution in [3.05, 3.63) is 52.6 Å². The van der Waals surface area contributed by atoms with Crippen LogP contribution in [0.4, 0.5) is 8.78 Å². The number of nitrogens with one attached hydrogen (secondary N) is 1. The molecule has 0 saturated carbocycles. The van der Waals surface area contributed by atoms with Crippen LogP contribution in [0.1, 0.15) is 29.0 Å². The van der Waals surface area contributed by atoms with Gasteiger partial charge in [0.25, 0.3) is 5.91 Å². The topological polar surface area (TPSA) is 107 Å². The molecule has 2 saturated heterocycles. The van der Waals surface area contributed by atoms with E-state index >= 15 is 4.39 Å². The average molecular weight is 469 g/mol. The molecule has 3 aliphatic heterocycles. The number of hydrogen-bond donors (Lipinski definition) is 2. The molecule has 1 amide bonds. The Morgan fingerprint density at radius 2 is 2.06 bits per heavy atom. The van der Waals surface area contributed by atoms with Crippen LogP contribution in [0, 0.1) is 28.9 Å². The van der Waals surface area contributed by atoms with Crippen LogP contribution in [0.25, 0.3) is 11.1 Å². The summed E-state index contributed by atoms with van der Waals surface area (Å²) in [5, 5.41) is 13.0. The Labute approximate surface area is 195 Å². The number of nitriles is 1. The maximum atomic E-state index is 15.3. The molecule has 0 radical (unpaired) electrons. The molecule has 3 N–H and O–H groups in total. The lowest BCUT2D eigenvalue weighted by molar-refractivity contribution is -0.147. The number of nitrogens with zero attached hydrogens (tertiary/aromatic N) is 1. The third kappa shape index (κ3) is 3.82. The zero-order valence-corrected chi connectivity index (χ0v) is 18.5. The summed E-state index contributed by atoms with van der Waals surface area (Å²) in [5.41, 5.74) is 6.75. The lowest BCUT2D eigenvalue weighted by atomic mass is 9.81. The van der Waals surface area contributed by atoms with Crippen LogP contribution in [0.2, 0.25) is 0 Å². The fourth-order valence-electron chi connectivity index (χ4n) is 4.83. The second-order valence-electron chi connectivity index (χ2n) is 9.01. The van der Waals surface area contributed by atoms with Gasteiger partial charge < -0.3 is 25.3 Å². The SMILES string of the molecule is N#C[C@@H](Cc1cc2c(cc1F)-c1cc(C3COC3)c(F)cc1CO2)C1(C(N)=O)CNCCCO1. The Hall–Kier alpha value is -3.06. The van der Waals surface area contributed by atoms with Crippen molar-refractivity contribution in [1.82, 2.24) is 5.32 Å². The van der Waals surface area contributed by atoms with E-state index in [2.05, 4.69) is 11.4 Å². The maximum Gasteiger partial charge on any atom is 0.252 e. The molecule has 2 fully saturated rings. The largest absolute Gasteiger partial charge is 0.488 e. The quantitative estimate of drug-likeness (QED) is 0.697. The number of fused-ring (bicyclic) bond motifs is 3. The van der Waals surface area contributed by atoms with Crippen molar-refractivity contribution >= 4 is 5.91 Å². The molecular weight excluding hydrogens is 444 g/mol. The number of rotatable bonds is 5. The van der Waals surface area contributed by atoms with Crippen LogP contribution >= 0.6 is 0 Å². The molecule has 3 aliphatic rings. The molecule has 0 aromatic heterocycles. The summed E-state index contributed by atoms with van der Waals surface area (Å²) in [6.07, 6.45) is 0.591. The highest BCUT2D eigenvalue weighted by Crippen LogP contribution is 2.42. The summed E-state index contributed by atoms with van der Waals surface area (Å²) < 4.78 is 46.7. The number of benzene rings is 2. The third-order valence-electron chi connectivity index (χ3n) is 6.93. The summed E-state index contributed by atoms with van der Waals surface area (Å²) in [6.45, 7) is 2.04. The lowest BCUT2D eigenvalue weighted by Crippen LogP contribution is -2.57. The maximum absolute atomic E-state index is 15.3. The van der Waals surface area contributed by atoms with Gasteiger partial charge in [0.1, 0.15) is 24.0 Å². The molecule has 0 spiro atoms. The Morgan fingerprint density at radius 3 is 2.76 bits per heavy atom. The van der Waals surface area contributed by atoms with Crippen molar-refractivity contribution < 1.29 is 27.8 Å². The van der Waals surface area contributed by atoms with Crippen LogP contribution in [-0.2, 0) is 27.3 Å². The summed E-state index contributed by atoms with van der Waals surface area (Å²) in [7, 11) is 0. The fraction of sp³-hybridized carbons (Fsp3) is 0.440. The highest BCUT2D eigenvalue weighted by molar-refractivity contribution is 5.85. The number of hydrogen-bond acceptors (Lipinski definition) is 6. The van der Waals surface area contributed by atoms with Gasteiger partial charge in [-0.1, -0.05) is 0 Å². The predicted octanol–water partition coefficient (Wildman–Crippen LogP) is 2.55. The minimum atomic E-state index is -1.56. The van der Waals surface area contributed by atoms with E-state index in [0.717, 1.165) is 5.56 Å². The molecule has 2 aromatic rings. The van der Waals surface area contributed by atoms with Crippen LogP contribution in [0.3, 0.4) is 0 Å². The zero-order valence-electron chi connectivity index (χ0n) is 18.5. The van der Waals surface area contributed by atoms with Crippen LogP contribution in [-0.4, -0.2) is 44.4 Å². The number of halogens is 2. The first kappa shape index (κ1) is 22.7. The second kappa shape index (κ2) is 8.95. The van der Waals surface area contributed by atoms with E-state index in [4.69, 9.17) is 19.9 Å². The van der Waals surface area contributed by atoms with E-state index in [1.165, 1.54) is 12.1 Å². The van der Waals surface area contributed by atoms with E-state index in [9.17, 15) is 14.4 Å². The number of primary amides is 1. The molecule has 1 unspecified atom stereocenters. The van der Waals surface area contributed by atoms with Gasteiger partial charge in [-0.2, -0.15) is 5.26 Å². The standard InChI is InChI=1S/C25H25F2N3O4/c26-21-8-20-18-7-19(16-10-32-11-16)22(27)5-15(18)12-33-23(20)6-14(21)4-17(9-28)25(24(29)31)13-30-2-1-3-34-25/h5-8,16-17,30H,1-4,10-13H2,(H2,29,31)/t17-,25?/m1/s1. The van der Waals surface area contributed by atoms with E-state index in [1.54, 1.807) is 12.1 Å². The van der Waals surface area contributed by atoms with Gasteiger partial charge in [-0.25, -0.2) is 8.78 Å². The number of carbonyl (C=O) groups excluding carboxylic acids is 1. The summed E-state index contributed by atoms with van der Waals surface area (Å²) in [5.74, 6) is -2.20. The van der Waals surface area contributed by atoms with Crippen molar-refractivity contribution in [2.24, 2.45) is 11.7 Å². The van der Waals surface area contributed by atoms with Crippen LogP contribution in [0.15, 0.2) is 24.3 Å². The fourth-order valence-corrected chi connectivity index (χ4v) is 4.83. The number of carbonyl (C=O) groups is 1. The van der Waals surface area contributed by atoms with Gasteiger partial charge in [-0.15, -0.1) is 0 Å². The van der Waals surface area contributed by atoms with Crippen molar-refractivity contribution in [1.29, 1.82) is 5.26 Å². The average Bonchev–Trinajstić information content (AvgIpc) is 3.04. The molecule has 34 heavy (non-hydrogen) atoms. The zero-order chi connectivity index (χ0) is 23.9. The molecule has 2 aromatic carbocycles. The predicted molar refractivity (Wildman–Crippen MR) is 118 cm³/mol. The van der Waals surface area contributed by atoms with Crippen molar-refractivity contribution in [3.8, 4) is 22.9 Å². The Balaban J connectivity index is 1.49. The lowest BCUT2D eigenvalue weighted by Gasteiger charge is -2.33. The van der Waals surface area contributed by atoms with Crippen molar-refractivity contribution in [2.45, 2.75) is 31.0 Å². The molecule has 2 atom stereocenters. The van der Waals surface area contributed by atoms with Gasteiger partial charge >= 0.3 is 0 Å². The summed E-state index contributed by atoms with van der Waals surface area (Å²) in [4.78, 5) is 12.4. The second-order valence-corrected chi connectivity index (χ2v) is 9.01. The van der Waals surface area contributed by atoms with E-state index in [-0.39, 0.29) is 43.5 Å².